The molecule has 2 aromatic rings. The summed E-state index contributed by atoms with van der Waals surface area (Å²) in [4.78, 5) is 16.3. The lowest BCUT2D eigenvalue weighted by Crippen LogP contribution is -2.25. The van der Waals surface area contributed by atoms with Crippen LogP contribution in [0.5, 0.6) is 5.75 Å². The molecule has 0 spiro atoms. The van der Waals surface area contributed by atoms with Crippen LogP contribution in [-0.4, -0.2) is 24.0 Å². The van der Waals surface area contributed by atoms with Crippen LogP contribution in [0.25, 0.3) is 10.6 Å². The Morgan fingerprint density at radius 2 is 2.14 bits per heavy atom. The Hall–Kier alpha value is -1.88. The first-order valence-electron chi connectivity index (χ1n) is 7.13. The van der Waals surface area contributed by atoms with Gasteiger partial charge >= 0.3 is 0 Å². The number of hydrogen-bond donors (Lipinski definition) is 1. The Morgan fingerprint density at radius 1 is 1.38 bits per heavy atom. The van der Waals surface area contributed by atoms with Crippen molar-refractivity contribution in [2.75, 3.05) is 7.11 Å². The van der Waals surface area contributed by atoms with Crippen LogP contribution in [0.15, 0.2) is 29.6 Å². The van der Waals surface area contributed by atoms with Gasteiger partial charge < -0.3 is 10.1 Å². The number of carbonyl (C=O) groups excluding carboxylic acids is 1. The molecule has 0 atom stereocenters. The summed E-state index contributed by atoms with van der Waals surface area (Å²) in [5, 5.41) is 6.01. The van der Waals surface area contributed by atoms with E-state index in [1.54, 1.807) is 18.4 Å². The van der Waals surface area contributed by atoms with Gasteiger partial charge in [0.2, 0.25) is 5.91 Å². The van der Waals surface area contributed by atoms with E-state index in [4.69, 9.17) is 4.74 Å². The van der Waals surface area contributed by atoms with Gasteiger partial charge in [0.15, 0.2) is 0 Å². The highest BCUT2D eigenvalue weighted by Gasteiger charge is 2.22. The van der Waals surface area contributed by atoms with Gasteiger partial charge in [-0.25, -0.2) is 4.98 Å². The molecular weight excluding hydrogens is 284 g/mol. The van der Waals surface area contributed by atoms with E-state index in [1.807, 2.05) is 29.6 Å². The van der Waals surface area contributed by atoms with Crippen molar-refractivity contribution >= 4 is 17.2 Å². The number of nitrogens with one attached hydrogen (secondary N) is 1. The Morgan fingerprint density at radius 3 is 2.81 bits per heavy atom. The van der Waals surface area contributed by atoms with Crippen LogP contribution in [0.1, 0.15) is 25.0 Å². The minimum atomic E-state index is 0.136. The number of methoxy groups -OCH3 is 1. The second kappa shape index (κ2) is 6.26. The van der Waals surface area contributed by atoms with Crippen LogP contribution >= 0.6 is 11.3 Å². The van der Waals surface area contributed by atoms with Crippen molar-refractivity contribution in [2.24, 2.45) is 0 Å². The number of carbonyl (C=O) groups is 1. The summed E-state index contributed by atoms with van der Waals surface area (Å²) in [7, 11) is 1.66. The topological polar surface area (TPSA) is 51.2 Å². The standard InChI is InChI=1S/C16H18N2O2S/c1-20-14-7-2-11(3-8-14)16-18-13(10-21-16)6-9-15(19)17-12-4-5-12/h2-3,7-8,10,12H,4-6,9H2,1H3,(H,17,19). The van der Waals surface area contributed by atoms with Gasteiger partial charge in [0.05, 0.1) is 12.8 Å². The molecule has 0 aliphatic heterocycles. The van der Waals surface area contributed by atoms with E-state index in [-0.39, 0.29) is 5.91 Å². The summed E-state index contributed by atoms with van der Waals surface area (Å²) in [5.74, 6) is 0.976. The lowest BCUT2D eigenvalue weighted by Gasteiger charge is -2.01. The summed E-state index contributed by atoms with van der Waals surface area (Å²) >= 11 is 1.61. The normalized spacial score (nSPS) is 14.0. The molecule has 4 nitrogen and oxygen atoms in total. The number of aromatic nitrogens is 1. The number of benzene rings is 1. The third-order valence-corrected chi connectivity index (χ3v) is 4.38. The molecule has 0 unspecified atom stereocenters. The van der Waals surface area contributed by atoms with Crippen molar-refractivity contribution in [2.45, 2.75) is 31.7 Å². The van der Waals surface area contributed by atoms with Gasteiger partial charge in [0, 0.05) is 23.4 Å². The number of ether oxygens (including phenoxy) is 1. The fraction of sp³-hybridized carbons (Fsp3) is 0.375. The number of thiazole rings is 1. The minimum absolute atomic E-state index is 0.136. The van der Waals surface area contributed by atoms with Crippen LogP contribution in [0.4, 0.5) is 0 Å². The predicted molar refractivity (Wildman–Crippen MR) is 83.6 cm³/mol. The zero-order valence-electron chi connectivity index (χ0n) is 12.0. The molecule has 1 aromatic carbocycles. The molecule has 1 heterocycles. The SMILES string of the molecule is COc1ccc(-c2nc(CCC(=O)NC3CC3)cs2)cc1. The quantitative estimate of drug-likeness (QED) is 0.892. The van der Waals surface area contributed by atoms with E-state index >= 15 is 0 Å². The van der Waals surface area contributed by atoms with Gasteiger partial charge in [0.25, 0.3) is 0 Å². The van der Waals surface area contributed by atoms with E-state index in [9.17, 15) is 4.79 Å². The van der Waals surface area contributed by atoms with Crippen LogP contribution < -0.4 is 10.1 Å². The molecule has 0 bridgehead atoms. The summed E-state index contributed by atoms with van der Waals surface area (Å²) < 4.78 is 5.15. The first-order chi connectivity index (χ1) is 10.2. The molecule has 21 heavy (non-hydrogen) atoms. The second-order valence-electron chi connectivity index (χ2n) is 5.21. The molecule has 1 fully saturated rings. The molecular formula is C16H18N2O2S. The van der Waals surface area contributed by atoms with Gasteiger partial charge in [-0.3, -0.25) is 4.79 Å². The number of aryl methyl sites for hydroxylation is 1. The molecule has 5 heteroatoms. The van der Waals surface area contributed by atoms with E-state index in [0.29, 0.717) is 18.9 Å². The molecule has 1 N–H and O–H groups in total. The third kappa shape index (κ3) is 3.82. The molecule has 1 aliphatic rings. The lowest BCUT2D eigenvalue weighted by atomic mass is 10.2. The highest BCUT2D eigenvalue weighted by Crippen LogP contribution is 2.26. The van der Waals surface area contributed by atoms with Gasteiger partial charge in [-0.05, 0) is 43.5 Å². The monoisotopic (exact) mass is 302 g/mol. The van der Waals surface area contributed by atoms with Crippen LogP contribution in [0.3, 0.4) is 0 Å². The van der Waals surface area contributed by atoms with Crippen molar-refractivity contribution in [3.05, 3.63) is 35.3 Å². The van der Waals surface area contributed by atoms with Crippen molar-refractivity contribution < 1.29 is 9.53 Å². The number of nitrogens with zero attached hydrogens (tertiary/aromatic N) is 1. The Bertz CT molecular complexity index is 617. The largest absolute Gasteiger partial charge is 0.497 e. The highest BCUT2D eigenvalue weighted by molar-refractivity contribution is 7.13. The van der Waals surface area contributed by atoms with Crippen molar-refractivity contribution in [3.63, 3.8) is 0 Å². The number of hydrogen-bond acceptors (Lipinski definition) is 4. The van der Waals surface area contributed by atoms with Crippen LogP contribution in [0.2, 0.25) is 0 Å². The zero-order chi connectivity index (χ0) is 14.7. The average Bonchev–Trinajstić information content (AvgIpc) is 3.19. The molecule has 1 amide bonds. The summed E-state index contributed by atoms with van der Waals surface area (Å²) in [5.41, 5.74) is 2.06. The van der Waals surface area contributed by atoms with Crippen molar-refractivity contribution in [1.29, 1.82) is 0 Å². The van der Waals surface area contributed by atoms with Crippen molar-refractivity contribution in [1.82, 2.24) is 10.3 Å². The van der Waals surface area contributed by atoms with Gasteiger partial charge in [-0.1, -0.05) is 0 Å². The van der Waals surface area contributed by atoms with E-state index < -0.39 is 0 Å². The second-order valence-corrected chi connectivity index (χ2v) is 6.07. The maximum Gasteiger partial charge on any atom is 0.220 e. The summed E-state index contributed by atoms with van der Waals surface area (Å²) in [6.07, 6.45) is 3.47. The molecule has 1 aliphatic carbocycles. The molecule has 3 rings (SSSR count). The molecule has 0 radical (unpaired) electrons. The van der Waals surface area contributed by atoms with Crippen LogP contribution in [0, 0.1) is 0 Å². The van der Waals surface area contributed by atoms with Crippen molar-refractivity contribution in [3.8, 4) is 16.3 Å². The smallest absolute Gasteiger partial charge is 0.220 e. The summed E-state index contributed by atoms with van der Waals surface area (Å²) in [6.45, 7) is 0. The lowest BCUT2D eigenvalue weighted by molar-refractivity contribution is -0.121. The average molecular weight is 302 g/mol. The summed E-state index contributed by atoms with van der Waals surface area (Å²) in [6, 6.07) is 8.30. The fourth-order valence-electron chi connectivity index (χ4n) is 2.06. The Labute approximate surface area is 128 Å². The molecule has 110 valence electrons. The van der Waals surface area contributed by atoms with E-state index in [2.05, 4.69) is 10.3 Å². The first kappa shape index (κ1) is 14.1. The first-order valence-corrected chi connectivity index (χ1v) is 8.01. The number of rotatable bonds is 6. The highest BCUT2D eigenvalue weighted by atomic mass is 32.1. The molecule has 0 saturated heterocycles. The maximum atomic E-state index is 11.7. The van der Waals surface area contributed by atoms with Gasteiger partial charge in [-0.2, -0.15) is 0 Å². The van der Waals surface area contributed by atoms with E-state index in [0.717, 1.165) is 34.9 Å². The van der Waals surface area contributed by atoms with Gasteiger partial charge in [0.1, 0.15) is 10.8 Å². The molecule has 1 saturated carbocycles. The van der Waals surface area contributed by atoms with Gasteiger partial charge in [-0.15, -0.1) is 11.3 Å². The Balaban J connectivity index is 1.58. The third-order valence-electron chi connectivity index (χ3n) is 3.44. The fourth-order valence-corrected chi connectivity index (χ4v) is 2.92. The minimum Gasteiger partial charge on any atom is -0.497 e. The Kier molecular flexibility index (Phi) is 4.20. The van der Waals surface area contributed by atoms with E-state index in [1.165, 1.54) is 0 Å². The maximum absolute atomic E-state index is 11.7. The zero-order valence-corrected chi connectivity index (χ0v) is 12.8. The predicted octanol–water partition coefficient (Wildman–Crippen LogP) is 3.03. The van der Waals surface area contributed by atoms with Crippen LogP contribution in [-0.2, 0) is 11.2 Å². The molecule has 1 aromatic heterocycles. The number of amides is 1.